The van der Waals surface area contributed by atoms with Gasteiger partial charge in [0.25, 0.3) is 0 Å². The van der Waals surface area contributed by atoms with Crippen molar-refractivity contribution in [2.45, 2.75) is 25.7 Å². The lowest BCUT2D eigenvalue weighted by Gasteiger charge is -1.87. The van der Waals surface area contributed by atoms with Gasteiger partial charge in [0.15, 0.2) is 0 Å². The summed E-state index contributed by atoms with van der Waals surface area (Å²) in [4.78, 5) is 0. The minimum absolute atomic E-state index is 0.0244. The smallest absolute Gasteiger partial charge is 0.104 e. The van der Waals surface area contributed by atoms with Gasteiger partial charge in [-0.3, -0.25) is 0 Å². The van der Waals surface area contributed by atoms with E-state index in [1.54, 1.807) is 0 Å². The molecule has 0 aromatic rings. The quantitative estimate of drug-likeness (QED) is 0.445. The highest BCUT2D eigenvalue weighted by atomic mass is 79.9. The van der Waals surface area contributed by atoms with Crippen molar-refractivity contribution in [1.82, 2.24) is 0 Å². The van der Waals surface area contributed by atoms with Gasteiger partial charge in [0.1, 0.15) is 6.61 Å². The van der Waals surface area contributed by atoms with Crippen LogP contribution in [0.4, 0.5) is 0 Å². The third-order valence-electron chi connectivity index (χ3n) is 1.25. The maximum Gasteiger partial charge on any atom is 0.104 e. The molecular weight excluding hydrogens is 216 g/mol. The summed E-state index contributed by atoms with van der Waals surface area (Å²) in [6.45, 7) is -0.0244. The molecule has 0 aliphatic carbocycles. The molecular formula is C10H13BrO. The summed E-state index contributed by atoms with van der Waals surface area (Å²) in [5.41, 5.74) is 0. The predicted octanol–water partition coefficient (Wildman–Crippen LogP) is 1.94. The first-order valence-corrected chi connectivity index (χ1v) is 5.12. The first-order valence-electron chi connectivity index (χ1n) is 4.00. The van der Waals surface area contributed by atoms with Crippen LogP contribution in [0.2, 0.25) is 0 Å². The van der Waals surface area contributed by atoms with E-state index in [1.807, 2.05) is 0 Å². The van der Waals surface area contributed by atoms with Crippen LogP contribution in [0, 0.1) is 23.7 Å². The molecule has 0 aromatic carbocycles. The minimum atomic E-state index is -0.0244. The van der Waals surface area contributed by atoms with Crippen molar-refractivity contribution >= 4 is 15.9 Å². The number of aliphatic hydroxyl groups is 1. The lowest BCUT2D eigenvalue weighted by Crippen LogP contribution is -1.75. The summed E-state index contributed by atoms with van der Waals surface area (Å²) in [6, 6.07) is 0. The summed E-state index contributed by atoms with van der Waals surface area (Å²) in [5.74, 6) is 11.5. The van der Waals surface area contributed by atoms with Crippen LogP contribution >= 0.6 is 15.9 Å². The Labute approximate surface area is 82.7 Å². The zero-order valence-electron chi connectivity index (χ0n) is 7.07. The van der Waals surface area contributed by atoms with Gasteiger partial charge in [-0.2, -0.15) is 0 Å². The van der Waals surface area contributed by atoms with Crippen LogP contribution in [0.15, 0.2) is 0 Å². The molecule has 0 aliphatic rings. The molecule has 0 aliphatic heterocycles. The summed E-state index contributed by atoms with van der Waals surface area (Å²) >= 11 is 3.23. The van der Waals surface area contributed by atoms with Crippen molar-refractivity contribution in [2.75, 3.05) is 11.9 Å². The maximum absolute atomic E-state index is 8.34. The highest BCUT2D eigenvalue weighted by Crippen LogP contribution is 1.96. The average Bonchev–Trinajstić information content (AvgIpc) is 2.10. The third-order valence-corrected chi connectivity index (χ3v) is 1.53. The molecule has 12 heavy (non-hydrogen) atoms. The molecule has 2 heteroatoms. The second kappa shape index (κ2) is 10.6. The van der Waals surface area contributed by atoms with Gasteiger partial charge in [0.05, 0.1) is 5.33 Å². The van der Waals surface area contributed by atoms with Crippen LogP contribution in [0.25, 0.3) is 0 Å². The number of aliphatic hydroxyl groups excluding tert-OH is 1. The predicted molar refractivity (Wildman–Crippen MR) is 54.9 cm³/mol. The molecule has 0 saturated heterocycles. The van der Waals surface area contributed by atoms with Crippen molar-refractivity contribution in [3.8, 4) is 23.7 Å². The molecule has 0 saturated carbocycles. The molecule has 1 nitrogen and oxygen atoms in total. The van der Waals surface area contributed by atoms with E-state index in [4.69, 9.17) is 5.11 Å². The molecule has 0 unspecified atom stereocenters. The Morgan fingerprint density at radius 3 is 2.00 bits per heavy atom. The van der Waals surface area contributed by atoms with E-state index < -0.39 is 0 Å². The molecule has 0 bridgehead atoms. The summed E-state index contributed by atoms with van der Waals surface area (Å²) < 4.78 is 0. The van der Waals surface area contributed by atoms with Crippen LogP contribution in [-0.4, -0.2) is 17.0 Å². The molecule has 0 rings (SSSR count). The van der Waals surface area contributed by atoms with Gasteiger partial charge in [-0.05, 0) is 12.8 Å². The average molecular weight is 229 g/mol. The Kier molecular flexibility index (Phi) is 10.2. The van der Waals surface area contributed by atoms with Gasteiger partial charge in [-0.25, -0.2) is 0 Å². The van der Waals surface area contributed by atoms with Crippen LogP contribution < -0.4 is 0 Å². The van der Waals surface area contributed by atoms with Crippen molar-refractivity contribution < 1.29 is 5.11 Å². The molecule has 66 valence electrons. The monoisotopic (exact) mass is 228 g/mol. The van der Waals surface area contributed by atoms with Gasteiger partial charge < -0.3 is 5.11 Å². The molecule has 1 N–H and O–H groups in total. The summed E-state index contributed by atoms with van der Waals surface area (Å²) in [7, 11) is 0. The van der Waals surface area contributed by atoms with Crippen LogP contribution in [0.1, 0.15) is 25.7 Å². The zero-order valence-corrected chi connectivity index (χ0v) is 8.65. The largest absolute Gasteiger partial charge is 0.384 e. The summed E-state index contributed by atoms with van der Waals surface area (Å²) in [5, 5.41) is 9.10. The maximum atomic E-state index is 8.34. The molecule has 0 spiro atoms. The first kappa shape index (κ1) is 11.6. The number of unbranched alkanes of at least 4 members (excludes halogenated alkanes) is 3. The summed E-state index contributed by atoms with van der Waals surface area (Å²) in [6.07, 6.45) is 3.99. The number of hydrogen-bond acceptors (Lipinski definition) is 1. The first-order chi connectivity index (χ1) is 5.91. The molecule has 0 heterocycles. The molecule has 0 amide bonds. The molecule has 0 fully saturated rings. The standard InChI is InChI=1S/C10H13BrO/c11-9-7-5-3-1-2-4-6-8-10-12/h12H,1-4,9-10H2. The minimum Gasteiger partial charge on any atom is -0.384 e. The van der Waals surface area contributed by atoms with Gasteiger partial charge in [0.2, 0.25) is 0 Å². The van der Waals surface area contributed by atoms with E-state index >= 15 is 0 Å². The molecule has 0 aromatic heterocycles. The van der Waals surface area contributed by atoms with Gasteiger partial charge in [0, 0.05) is 12.8 Å². The second-order valence-electron chi connectivity index (χ2n) is 2.21. The van der Waals surface area contributed by atoms with Crippen molar-refractivity contribution in [1.29, 1.82) is 0 Å². The second-order valence-corrected chi connectivity index (χ2v) is 2.77. The van der Waals surface area contributed by atoms with E-state index in [0.717, 1.165) is 31.0 Å². The fourth-order valence-electron chi connectivity index (χ4n) is 0.707. The third kappa shape index (κ3) is 9.56. The van der Waals surface area contributed by atoms with Crippen LogP contribution in [0.3, 0.4) is 0 Å². The van der Waals surface area contributed by atoms with Gasteiger partial charge in [-0.15, -0.1) is 11.8 Å². The van der Waals surface area contributed by atoms with Crippen molar-refractivity contribution in [3.63, 3.8) is 0 Å². The normalized spacial score (nSPS) is 7.83. The number of alkyl halides is 1. The Morgan fingerprint density at radius 2 is 1.50 bits per heavy atom. The lowest BCUT2D eigenvalue weighted by atomic mass is 10.2. The van der Waals surface area contributed by atoms with Crippen molar-refractivity contribution in [2.24, 2.45) is 0 Å². The van der Waals surface area contributed by atoms with E-state index in [0.29, 0.717) is 0 Å². The SMILES string of the molecule is OCC#CCCCCC#CCBr. The van der Waals surface area contributed by atoms with Gasteiger partial charge in [-0.1, -0.05) is 27.8 Å². The van der Waals surface area contributed by atoms with E-state index in [2.05, 4.69) is 39.6 Å². The molecule has 0 atom stereocenters. The Bertz CT molecular complexity index is 177. The fourth-order valence-corrected chi connectivity index (χ4v) is 0.905. The number of rotatable bonds is 3. The highest BCUT2D eigenvalue weighted by molar-refractivity contribution is 9.09. The fraction of sp³-hybridized carbons (Fsp3) is 0.600. The Hall–Kier alpha value is -0.440. The van der Waals surface area contributed by atoms with Crippen LogP contribution in [0.5, 0.6) is 0 Å². The Morgan fingerprint density at radius 1 is 0.917 bits per heavy atom. The van der Waals surface area contributed by atoms with Crippen molar-refractivity contribution in [3.05, 3.63) is 0 Å². The number of halogens is 1. The van der Waals surface area contributed by atoms with E-state index in [-0.39, 0.29) is 6.61 Å². The highest BCUT2D eigenvalue weighted by Gasteiger charge is 1.81. The topological polar surface area (TPSA) is 20.2 Å². The number of hydrogen-bond donors (Lipinski definition) is 1. The zero-order chi connectivity index (χ0) is 9.07. The van der Waals surface area contributed by atoms with Gasteiger partial charge >= 0.3 is 0 Å². The van der Waals surface area contributed by atoms with E-state index in [9.17, 15) is 0 Å². The Balaban J connectivity index is 3.11. The van der Waals surface area contributed by atoms with E-state index in [1.165, 1.54) is 0 Å². The molecule has 0 radical (unpaired) electrons. The lowest BCUT2D eigenvalue weighted by molar-refractivity contribution is 0.350. The van der Waals surface area contributed by atoms with Crippen LogP contribution in [-0.2, 0) is 0 Å².